The fourth-order valence-corrected chi connectivity index (χ4v) is 3.10. The number of nitrogens with zero attached hydrogens (tertiary/aromatic N) is 1. The third-order valence-corrected chi connectivity index (χ3v) is 4.17. The molecular weight excluding hydrogens is 314 g/mol. The highest BCUT2D eigenvalue weighted by atomic mass is 35.5. The van der Waals surface area contributed by atoms with Crippen LogP contribution in [0.3, 0.4) is 0 Å². The average molecular weight is 340 g/mol. The fourth-order valence-electron chi connectivity index (χ4n) is 3.10. The molecule has 0 radical (unpaired) electrons. The van der Waals surface area contributed by atoms with Gasteiger partial charge in [0.2, 0.25) is 11.8 Å². The molecule has 5 nitrogen and oxygen atoms in total. The van der Waals surface area contributed by atoms with Gasteiger partial charge >= 0.3 is 0 Å². The maximum absolute atomic E-state index is 12.3. The van der Waals surface area contributed by atoms with Crippen LogP contribution in [0.1, 0.15) is 25.3 Å². The van der Waals surface area contributed by atoms with Crippen LogP contribution in [-0.4, -0.2) is 48.9 Å². The number of benzene rings is 1. The molecule has 1 saturated heterocycles. The van der Waals surface area contributed by atoms with E-state index in [0.29, 0.717) is 13.0 Å². The van der Waals surface area contributed by atoms with Crippen molar-refractivity contribution in [3.8, 4) is 0 Å². The smallest absolute Gasteiger partial charge is 0.237 e. The first-order chi connectivity index (χ1) is 10.7. The van der Waals surface area contributed by atoms with E-state index >= 15 is 0 Å². The number of hydrogen-bond donors (Lipinski definition) is 2. The summed E-state index contributed by atoms with van der Waals surface area (Å²) >= 11 is 0. The first-order valence-corrected chi connectivity index (χ1v) is 7.96. The van der Waals surface area contributed by atoms with E-state index in [9.17, 15) is 9.59 Å². The highest BCUT2D eigenvalue weighted by Gasteiger charge is 2.37. The van der Waals surface area contributed by atoms with Crippen LogP contribution in [0.15, 0.2) is 30.3 Å². The number of amides is 2. The Labute approximate surface area is 144 Å². The van der Waals surface area contributed by atoms with Gasteiger partial charge in [0.1, 0.15) is 0 Å². The van der Waals surface area contributed by atoms with Crippen LogP contribution in [0, 0.1) is 0 Å². The van der Waals surface area contributed by atoms with E-state index in [1.807, 2.05) is 37.3 Å². The van der Waals surface area contributed by atoms with E-state index < -0.39 is 0 Å². The molecule has 0 bridgehead atoms. The Morgan fingerprint density at radius 3 is 2.61 bits per heavy atom. The van der Waals surface area contributed by atoms with Gasteiger partial charge in [-0.05, 0) is 38.3 Å². The van der Waals surface area contributed by atoms with Gasteiger partial charge in [-0.3, -0.25) is 14.5 Å². The van der Waals surface area contributed by atoms with Crippen molar-refractivity contribution in [2.24, 2.45) is 0 Å². The summed E-state index contributed by atoms with van der Waals surface area (Å²) in [6.07, 6.45) is 2.38. The minimum absolute atomic E-state index is 0. The van der Waals surface area contributed by atoms with Gasteiger partial charge in [0.25, 0.3) is 0 Å². The molecule has 1 aliphatic rings. The summed E-state index contributed by atoms with van der Waals surface area (Å²) in [6, 6.07) is 9.45. The van der Waals surface area contributed by atoms with E-state index in [1.165, 1.54) is 0 Å². The summed E-state index contributed by atoms with van der Waals surface area (Å²) in [5.74, 6) is 0.00187. The van der Waals surface area contributed by atoms with Crippen LogP contribution in [0.4, 0.5) is 0 Å². The van der Waals surface area contributed by atoms with E-state index in [1.54, 1.807) is 7.05 Å². The van der Waals surface area contributed by atoms with Crippen LogP contribution in [0.2, 0.25) is 0 Å². The monoisotopic (exact) mass is 339 g/mol. The Bertz CT molecular complexity index is 510. The van der Waals surface area contributed by atoms with Crippen molar-refractivity contribution in [1.82, 2.24) is 15.5 Å². The Morgan fingerprint density at radius 1 is 1.30 bits per heavy atom. The van der Waals surface area contributed by atoms with E-state index in [-0.39, 0.29) is 36.3 Å². The zero-order chi connectivity index (χ0) is 15.9. The van der Waals surface area contributed by atoms with Crippen molar-refractivity contribution in [1.29, 1.82) is 0 Å². The van der Waals surface area contributed by atoms with Crippen LogP contribution >= 0.6 is 12.4 Å². The number of nitrogens with one attached hydrogen (secondary N) is 2. The summed E-state index contributed by atoms with van der Waals surface area (Å²) in [5, 5.41) is 5.62. The fraction of sp³-hybridized carbons (Fsp3) is 0.529. The molecule has 2 rings (SSSR count). The molecule has 2 amide bonds. The number of carbonyl (C=O) groups is 2. The molecule has 1 fully saturated rings. The zero-order valence-electron chi connectivity index (χ0n) is 13.7. The predicted molar refractivity (Wildman–Crippen MR) is 93.7 cm³/mol. The standard InChI is InChI=1S/C17H25N3O2.ClH/c1-3-19-17(22)14-10-7-11-20(14)15(16(21)18-2)12-13-8-5-4-6-9-13;/h4-6,8-9,14-15H,3,7,10-12H2,1-2H3,(H,18,21)(H,19,22);1H/t14-,15+;/m0./s1. The quantitative estimate of drug-likeness (QED) is 0.822. The van der Waals surface area contributed by atoms with Crippen molar-refractivity contribution in [3.05, 3.63) is 35.9 Å². The highest BCUT2D eigenvalue weighted by molar-refractivity contribution is 5.86. The highest BCUT2D eigenvalue weighted by Crippen LogP contribution is 2.22. The van der Waals surface area contributed by atoms with Gasteiger partial charge in [0.05, 0.1) is 12.1 Å². The molecule has 6 heteroatoms. The van der Waals surface area contributed by atoms with Crippen LogP contribution in [0.25, 0.3) is 0 Å². The largest absolute Gasteiger partial charge is 0.358 e. The normalized spacial score (nSPS) is 18.8. The summed E-state index contributed by atoms with van der Waals surface area (Å²) in [5.41, 5.74) is 1.11. The van der Waals surface area contributed by atoms with E-state index in [4.69, 9.17) is 0 Å². The van der Waals surface area contributed by atoms with Gasteiger partial charge in [-0.2, -0.15) is 0 Å². The molecule has 1 aromatic rings. The second kappa shape index (κ2) is 9.53. The first-order valence-electron chi connectivity index (χ1n) is 7.96. The molecule has 0 aliphatic carbocycles. The minimum Gasteiger partial charge on any atom is -0.358 e. The molecule has 1 aromatic carbocycles. The van der Waals surface area contributed by atoms with Gasteiger partial charge in [0, 0.05) is 13.6 Å². The predicted octanol–water partition coefficient (Wildman–Crippen LogP) is 1.37. The molecular formula is C17H26ClN3O2. The van der Waals surface area contributed by atoms with Crippen LogP contribution < -0.4 is 10.6 Å². The molecule has 2 N–H and O–H groups in total. The lowest BCUT2D eigenvalue weighted by Gasteiger charge is -2.31. The molecule has 0 saturated carbocycles. The van der Waals surface area contributed by atoms with Crippen molar-refractivity contribution >= 4 is 24.2 Å². The van der Waals surface area contributed by atoms with Crippen molar-refractivity contribution in [2.45, 2.75) is 38.3 Å². The average Bonchev–Trinajstić information content (AvgIpc) is 3.02. The molecule has 0 spiro atoms. The Morgan fingerprint density at radius 2 is 2.00 bits per heavy atom. The molecule has 1 aliphatic heterocycles. The number of hydrogen-bond acceptors (Lipinski definition) is 3. The van der Waals surface area contributed by atoms with E-state index in [0.717, 1.165) is 24.9 Å². The summed E-state index contributed by atoms with van der Waals surface area (Å²) in [7, 11) is 1.65. The van der Waals surface area contributed by atoms with Crippen LogP contribution in [0.5, 0.6) is 0 Å². The number of rotatable bonds is 6. The van der Waals surface area contributed by atoms with Crippen molar-refractivity contribution < 1.29 is 9.59 Å². The SMILES string of the molecule is CCNC(=O)[C@@H]1CCCN1[C@H](Cc1ccccc1)C(=O)NC.Cl. The van der Waals surface area contributed by atoms with Crippen molar-refractivity contribution in [3.63, 3.8) is 0 Å². The molecule has 128 valence electrons. The second-order valence-corrected chi connectivity index (χ2v) is 5.61. The molecule has 0 unspecified atom stereocenters. The van der Waals surface area contributed by atoms with Crippen molar-refractivity contribution in [2.75, 3.05) is 20.1 Å². The number of halogens is 1. The Kier molecular flexibility index (Phi) is 8.06. The van der Waals surface area contributed by atoms with E-state index in [2.05, 4.69) is 15.5 Å². The van der Waals surface area contributed by atoms with Gasteiger partial charge < -0.3 is 10.6 Å². The van der Waals surface area contributed by atoms with Gasteiger partial charge in [-0.1, -0.05) is 30.3 Å². The lowest BCUT2D eigenvalue weighted by Crippen LogP contribution is -2.53. The maximum Gasteiger partial charge on any atom is 0.237 e. The molecule has 2 atom stereocenters. The summed E-state index contributed by atoms with van der Waals surface area (Å²) in [6.45, 7) is 3.32. The molecule has 0 aromatic heterocycles. The van der Waals surface area contributed by atoms with Gasteiger partial charge in [0.15, 0.2) is 0 Å². The zero-order valence-corrected chi connectivity index (χ0v) is 14.6. The molecule has 1 heterocycles. The van der Waals surface area contributed by atoms with Crippen LogP contribution in [-0.2, 0) is 16.0 Å². The first kappa shape index (κ1) is 19.5. The molecule has 23 heavy (non-hydrogen) atoms. The lowest BCUT2D eigenvalue weighted by atomic mass is 10.0. The lowest BCUT2D eigenvalue weighted by molar-refractivity contribution is -0.130. The third kappa shape index (κ3) is 4.94. The third-order valence-electron chi connectivity index (χ3n) is 4.17. The number of likely N-dealkylation sites (tertiary alicyclic amines) is 1. The van der Waals surface area contributed by atoms with Gasteiger partial charge in [-0.25, -0.2) is 0 Å². The summed E-state index contributed by atoms with van der Waals surface area (Å²) < 4.78 is 0. The Hall–Kier alpha value is -1.59. The Balaban J connectivity index is 0.00000264. The minimum atomic E-state index is -0.303. The summed E-state index contributed by atoms with van der Waals surface area (Å²) in [4.78, 5) is 26.6. The number of carbonyl (C=O) groups excluding carboxylic acids is 2. The second-order valence-electron chi connectivity index (χ2n) is 5.61. The maximum atomic E-state index is 12.3. The topological polar surface area (TPSA) is 61.4 Å². The number of likely N-dealkylation sites (N-methyl/N-ethyl adjacent to an activating group) is 2. The van der Waals surface area contributed by atoms with Gasteiger partial charge in [-0.15, -0.1) is 12.4 Å².